The summed E-state index contributed by atoms with van der Waals surface area (Å²) < 4.78 is 5.83. The number of carbonyl (C=O) groups is 1. The Balaban J connectivity index is 2.32. The largest absolute Gasteiger partial charge is 0.465 e. The van der Waals surface area contributed by atoms with Crippen molar-refractivity contribution < 1.29 is 9.53 Å². The van der Waals surface area contributed by atoms with Crippen LogP contribution in [0.4, 0.5) is 0 Å². The Morgan fingerprint density at radius 1 is 1.35 bits per heavy atom. The topological polar surface area (TPSA) is 38.7 Å². The molecular weight excluding hydrogens is 234 g/mol. The van der Waals surface area contributed by atoms with Crippen molar-refractivity contribution in [3.63, 3.8) is 0 Å². The van der Waals surface area contributed by atoms with Gasteiger partial charge in [-0.2, -0.15) is 0 Å². The molecule has 0 fully saturated rings. The van der Waals surface area contributed by atoms with E-state index in [0.29, 0.717) is 5.56 Å². The number of rotatable bonds is 1. The van der Waals surface area contributed by atoms with Crippen LogP contribution in [0.3, 0.4) is 0 Å². The molecule has 4 heteroatoms. The van der Waals surface area contributed by atoms with Crippen LogP contribution in [0.15, 0.2) is 28.7 Å². The molecule has 1 aromatic heterocycles. The molecule has 0 bridgehead atoms. The van der Waals surface area contributed by atoms with E-state index in [-0.39, 0.29) is 5.97 Å². The van der Waals surface area contributed by atoms with E-state index in [2.05, 4.69) is 4.99 Å². The SMILES string of the molecule is COC(=O)c1cc2c3c(csc3c1)C=NC=C2. The zero-order valence-corrected chi connectivity index (χ0v) is 9.95. The molecule has 3 nitrogen and oxygen atoms in total. The summed E-state index contributed by atoms with van der Waals surface area (Å²) in [4.78, 5) is 15.7. The first-order valence-electron chi connectivity index (χ1n) is 5.13. The van der Waals surface area contributed by atoms with Crippen molar-refractivity contribution in [3.8, 4) is 0 Å². The fraction of sp³-hybridized carbons (Fsp3) is 0.0769. The molecule has 0 saturated carbocycles. The van der Waals surface area contributed by atoms with E-state index >= 15 is 0 Å². The van der Waals surface area contributed by atoms with Gasteiger partial charge in [0.05, 0.1) is 12.7 Å². The molecule has 0 saturated heterocycles. The van der Waals surface area contributed by atoms with Crippen molar-refractivity contribution in [2.24, 2.45) is 4.99 Å². The zero-order chi connectivity index (χ0) is 11.8. The van der Waals surface area contributed by atoms with Crippen LogP contribution in [0.2, 0.25) is 0 Å². The molecule has 1 aromatic carbocycles. The molecule has 0 unspecified atom stereocenters. The standard InChI is InChI=1S/C13H9NO2S/c1-16-13(15)9-4-8-2-3-14-6-10-7-17-11(5-9)12(8)10/h2-7H,1H3. The lowest BCUT2D eigenvalue weighted by Crippen LogP contribution is -2.01. The van der Waals surface area contributed by atoms with Gasteiger partial charge in [0, 0.05) is 33.4 Å². The van der Waals surface area contributed by atoms with Gasteiger partial charge in [-0.25, -0.2) is 4.79 Å². The van der Waals surface area contributed by atoms with Crippen molar-refractivity contribution in [1.82, 2.24) is 0 Å². The van der Waals surface area contributed by atoms with Gasteiger partial charge in [-0.15, -0.1) is 11.3 Å². The van der Waals surface area contributed by atoms with Crippen LogP contribution in [-0.4, -0.2) is 19.3 Å². The molecule has 0 amide bonds. The van der Waals surface area contributed by atoms with E-state index in [4.69, 9.17) is 4.74 Å². The molecule has 1 aliphatic rings. The third-order valence-electron chi connectivity index (χ3n) is 2.71. The Morgan fingerprint density at radius 3 is 3.06 bits per heavy atom. The molecule has 0 N–H and O–H groups in total. The predicted molar refractivity (Wildman–Crippen MR) is 69.8 cm³/mol. The minimum atomic E-state index is -0.309. The molecule has 0 radical (unpaired) electrons. The summed E-state index contributed by atoms with van der Waals surface area (Å²) in [5, 5.41) is 3.20. The van der Waals surface area contributed by atoms with Crippen molar-refractivity contribution >= 4 is 39.7 Å². The summed E-state index contributed by atoms with van der Waals surface area (Å²) in [6, 6.07) is 3.71. The Kier molecular flexibility index (Phi) is 2.30. The van der Waals surface area contributed by atoms with Gasteiger partial charge in [0.2, 0.25) is 0 Å². The second-order valence-corrected chi connectivity index (χ2v) is 4.63. The van der Waals surface area contributed by atoms with E-state index in [9.17, 15) is 4.79 Å². The number of esters is 1. The molecular formula is C13H9NO2S. The number of hydrogen-bond acceptors (Lipinski definition) is 4. The van der Waals surface area contributed by atoms with Gasteiger partial charge in [0.15, 0.2) is 0 Å². The van der Waals surface area contributed by atoms with E-state index in [1.807, 2.05) is 29.8 Å². The Morgan fingerprint density at radius 2 is 2.24 bits per heavy atom. The lowest BCUT2D eigenvalue weighted by Gasteiger charge is -2.03. The van der Waals surface area contributed by atoms with E-state index < -0.39 is 0 Å². The molecule has 2 aromatic rings. The second-order valence-electron chi connectivity index (χ2n) is 3.72. The maximum atomic E-state index is 11.6. The number of hydrogen-bond donors (Lipinski definition) is 0. The molecule has 0 aliphatic carbocycles. The monoisotopic (exact) mass is 243 g/mol. The molecule has 1 aliphatic heterocycles. The molecule has 84 valence electrons. The molecule has 17 heavy (non-hydrogen) atoms. The summed E-state index contributed by atoms with van der Waals surface area (Å²) in [5.74, 6) is -0.309. The van der Waals surface area contributed by atoms with Crippen molar-refractivity contribution in [3.05, 3.63) is 40.4 Å². The van der Waals surface area contributed by atoms with E-state index in [0.717, 1.165) is 21.2 Å². The third-order valence-corrected chi connectivity index (χ3v) is 3.66. The molecule has 3 rings (SSSR count). The molecule has 0 atom stereocenters. The summed E-state index contributed by atoms with van der Waals surface area (Å²) >= 11 is 1.61. The number of aliphatic imine (C=N–C) groups is 1. The Bertz CT molecular complexity index is 667. The van der Waals surface area contributed by atoms with Crippen LogP contribution >= 0.6 is 11.3 Å². The summed E-state index contributed by atoms with van der Waals surface area (Å²) in [6.45, 7) is 0. The van der Waals surface area contributed by atoms with Gasteiger partial charge in [-0.3, -0.25) is 4.99 Å². The first-order chi connectivity index (χ1) is 8.29. The van der Waals surface area contributed by atoms with Crippen LogP contribution < -0.4 is 0 Å². The summed E-state index contributed by atoms with van der Waals surface area (Å²) in [6.07, 6.45) is 5.48. The predicted octanol–water partition coefficient (Wildman–Crippen LogP) is 3.09. The minimum Gasteiger partial charge on any atom is -0.465 e. The lowest BCUT2D eigenvalue weighted by atomic mass is 10.0. The average molecular weight is 243 g/mol. The normalized spacial score (nSPS) is 12.8. The smallest absolute Gasteiger partial charge is 0.337 e. The van der Waals surface area contributed by atoms with Crippen molar-refractivity contribution in [2.75, 3.05) is 7.11 Å². The zero-order valence-electron chi connectivity index (χ0n) is 9.14. The first-order valence-corrected chi connectivity index (χ1v) is 6.01. The number of carbonyl (C=O) groups excluding carboxylic acids is 1. The Hall–Kier alpha value is -1.94. The summed E-state index contributed by atoms with van der Waals surface area (Å²) in [5.41, 5.74) is 2.69. The lowest BCUT2D eigenvalue weighted by molar-refractivity contribution is 0.0601. The average Bonchev–Trinajstić information content (AvgIpc) is 2.64. The van der Waals surface area contributed by atoms with E-state index in [1.54, 1.807) is 17.5 Å². The summed E-state index contributed by atoms with van der Waals surface area (Å²) in [7, 11) is 1.39. The van der Waals surface area contributed by atoms with E-state index in [1.165, 1.54) is 7.11 Å². The van der Waals surface area contributed by atoms with Crippen LogP contribution in [0.1, 0.15) is 21.5 Å². The first kappa shape index (κ1) is 10.2. The fourth-order valence-electron chi connectivity index (χ4n) is 1.93. The second kappa shape index (κ2) is 3.82. The maximum absolute atomic E-state index is 11.6. The maximum Gasteiger partial charge on any atom is 0.337 e. The van der Waals surface area contributed by atoms with Crippen molar-refractivity contribution in [1.29, 1.82) is 0 Å². The quantitative estimate of drug-likeness (QED) is 0.722. The minimum absolute atomic E-state index is 0.309. The van der Waals surface area contributed by atoms with Gasteiger partial charge in [0.1, 0.15) is 0 Å². The number of methoxy groups -OCH3 is 1. The number of ether oxygens (including phenoxy) is 1. The van der Waals surface area contributed by atoms with Crippen LogP contribution in [-0.2, 0) is 4.74 Å². The fourth-order valence-corrected chi connectivity index (χ4v) is 2.91. The van der Waals surface area contributed by atoms with Crippen LogP contribution in [0, 0.1) is 0 Å². The van der Waals surface area contributed by atoms with Gasteiger partial charge in [-0.05, 0) is 23.8 Å². The highest BCUT2D eigenvalue weighted by Crippen LogP contribution is 2.31. The molecule has 2 heterocycles. The van der Waals surface area contributed by atoms with Gasteiger partial charge in [0.25, 0.3) is 0 Å². The highest BCUT2D eigenvalue weighted by atomic mass is 32.1. The number of benzene rings is 1. The number of nitrogens with zero attached hydrogens (tertiary/aromatic N) is 1. The molecule has 0 spiro atoms. The van der Waals surface area contributed by atoms with Gasteiger partial charge >= 0.3 is 5.97 Å². The van der Waals surface area contributed by atoms with Gasteiger partial charge in [-0.1, -0.05) is 0 Å². The van der Waals surface area contributed by atoms with Gasteiger partial charge < -0.3 is 4.74 Å². The highest BCUT2D eigenvalue weighted by molar-refractivity contribution is 7.17. The Labute approximate surface area is 102 Å². The third kappa shape index (κ3) is 1.57. The number of thiophene rings is 1. The van der Waals surface area contributed by atoms with Crippen LogP contribution in [0.5, 0.6) is 0 Å². The van der Waals surface area contributed by atoms with Crippen molar-refractivity contribution in [2.45, 2.75) is 0 Å². The highest BCUT2D eigenvalue weighted by Gasteiger charge is 2.13. The van der Waals surface area contributed by atoms with Crippen LogP contribution in [0.25, 0.3) is 16.2 Å².